The van der Waals surface area contributed by atoms with E-state index >= 15 is 0 Å². The fraction of sp³-hybridized carbons (Fsp3) is 0.280. The lowest BCUT2D eigenvalue weighted by Crippen LogP contribution is -2.24. The molecule has 0 amide bonds. The number of thiophene rings is 1. The second-order valence-corrected chi connectivity index (χ2v) is 11.0. The molecule has 0 aliphatic heterocycles. The van der Waals surface area contributed by atoms with Gasteiger partial charge in [0.1, 0.15) is 22.5 Å². The van der Waals surface area contributed by atoms with Crippen molar-refractivity contribution in [2.24, 2.45) is 0 Å². The molecule has 0 unspecified atom stereocenters. The van der Waals surface area contributed by atoms with E-state index in [1.54, 1.807) is 50.4 Å². The number of aliphatic hydroxyl groups is 1. The van der Waals surface area contributed by atoms with Crippen LogP contribution in [0.25, 0.3) is 16.9 Å². The third-order valence-corrected chi connectivity index (χ3v) is 7.21. The molecule has 0 radical (unpaired) electrons. The van der Waals surface area contributed by atoms with Crippen molar-refractivity contribution < 1.29 is 9.84 Å². The molecule has 0 aliphatic carbocycles. The Balaban J connectivity index is 1.76. The zero-order valence-corrected chi connectivity index (χ0v) is 23.0. The van der Waals surface area contributed by atoms with Gasteiger partial charge in [0.15, 0.2) is 5.82 Å². The molecule has 0 bridgehead atoms. The molecule has 35 heavy (non-hydrogen) atoms. The number of halogens is 2. The minimum Gasteiger partial charge on any atom is -0.472 e. The van der Waals surface area contributed by atoms with E-state index in [2.05, 4.69) is 30.9 Å². The maximum absolute atomic E-state index is 13.4. The summed E-state index contributed by atoms with van der Waals surface area (Å²) in [6.07, 6.45) is 1.67. The van der Waals surface area contributed by atoms with Gasteiger partial charge in [-0.2, -0.15) is 4.98 Å². The van der Waals surface area contributed by atoms with Crippen LogP contribution in [0.3, 0.4) is 0 Å². The maximum atomic E-state index is 13.4. The Hall–Kier alpha value is -2.59. The van der Waals surface area contributed by atoms with Crippen molar-refractivity contribution in [1.29, 1.82) is 0 Å². The van der Waals surface area contributed by atoms with Gasteiger partial charge in [-0.3, -0.25) is 9.36 Å². The lowest BCUT2D eigenvalue weighted by molar-refractivity contribution is 0.0688. The Kier molecular flexibility index (Phi) is 7.15. The number of ether oxygens (including phenoxy) is 1. The third-order valence-electron chi connectivity index (χ3n) is 5.31. The molecular weight excluding hydrogens is 552 g/mol. The highest BCUT2D eigenvalue weighted by atomic mass is 79.9. The topological polar surface area (TPSA) is 90.1 Å². The lowest BCUT2D eigenvalue weighted by Gasteiger charge is -2.18. The molecule has 0 atom stereocenters. The summed E-state index contributed by atoms with van der Waals surface area (Å²) in [4.78, 5) is 27.9. The normalized spacial score (nSPS) is 11.7. The summed E-state index contributed by atoms with van der Waals surface area (Å²) in [5, 5.41) is 12.8. The van der Waals surface area contributed by atoms with Gasteiger partial charge in [-0.15, -0.1) is 11.3 Å². The summed E-state index contributed by atoms with van der Waals surface area (Å²) >= 11 is 11.5. The van der Waals surface area contributed by atoms with Crippen LogP contribution in [0.5, 0.6) is 5.88 Å². The Morgan fingerprint density at radius 1 is 1.20 bits per heavy atom. The second kappa shape index (κ2) is 9.81. The zero-order valence-electron chi connectivity index (χ0n) is 19.9. The standard InChI is InChI=1S/C25H24BrClN4O3S/c1-13-10-28-24(25(4,5)33)30-21(13)17-6-7-18(27)19(9-17)31-15(3)29-22(20(26)23(31)32)34-11-16-8-14(2)35-12-16/h6-10,12,33H,11H2,1-5H3. The molecule has 3 heterocycles. The van der Waals surface area contributed by atoms with Crippen molar-refractivity contribution in [2.75, 3.05) is 0 Å². The number of aromatic nitrogens is 4. The largest absolute Gasteiger partial charge is 0.472 e. The van der Waals surface area contributed by atoms with E-state index in [4.69, 9.17) is 16.3 Å². The Morgan fingerprint density at radius 2 is 1.94 bits per heavy atom. The smallest absolute Gasteiger partial charge is 0.276 e. The molecule has 0 saturated carbocycles. The monoisotopic (exact) mass is 574 g/mol. The molecule has 1 N–H and O–H groups in total. The number of aryl methyl sites for hydroxylation is 3. The highest BCUT2D eigenvalue weighted by Gasteiger charge is 2.22. The average Bonchev–Trinajstić information content (AvgIpc) is 3.21. The van der Waals surface area contributed by atoms with E-state index in [9.17, 15) is 9.90 Å². The molecule has 0 saturated heterocycles. The first kappa shape index (κ1) is 25.5. The zero-order chi connectivity index (χ0) is 25.5. The minimum absolute atomic E-state index is 0.207. The van der Waals surface area contributed by atoms with Crippen LogP contribution in [-0.4, -0.2) is 24.6 Å². The summed E-state index contributed by atoms with van der Waals surface area (Å²) in [6.45, 7) is 9.20. The molecule has 7 nitrogen and oxygen atoms in total. The van der Waals surface area contributed by atoms with Crippen LogP contribution in [0.1, 0.15) is 41.5 Å². The lowest BCUT2D eigenvalue weighted by atomic mass is 10.0. The summed E-state index contributed by atoms with van der Waals surface area (Å²) in [7, 11) is 0. The number of rotatable bonds is 6. The second-order valence-electron chi connectivity index (χ2n) is 8.72. The van der Waals surface area contributed by atoms with Gasteiger partial charge in [0.2, 0.25) is 5.88 Å². The van der Waals surface area contributed by atoms with E-state index in [0.717, 1.165) is 16.7 Å². The van der Waals surface area contributed by atoms with Gasteiger partial charge in [0, 0.05) is 22.2 Å². The molecule has 10 heteroatoms. The van der Waals surface area contributed by atoms with Gasteiger partial charge < -0.3 is 9.84 Å². The van der Waals surface area contributed by atoms with E-state index < -0.39 is 5.60 Å². The maximum Gasteiger partial charge on any atom is 0.276 e. The molecule has 0 spiro atoms. The van der Waals surface area contributed by atoms with E-state index in [1.807, 2.05) is 31.4 Å². The van der Waals surface area contributed by atoms with E-state index in [0.29, 0.717) is 34.7 Å². The van der Waals surface area contributed by atoms with Gasteiger partial charge in [0.05, 0.1) is 16.4 Å². The van der Waals surface area contributed by atoms with Crippen molar-refractivity contribution in [1.82, 2.24) is 19.5 Å². The van der Waals surface area contributed by atoms with Crippen LogP contribution >= 0.6 is 38.9 Å². The molecular formula is C25H24BrClN4O3S. The highest BCUT2D eigenvalue weighted by Crippen LogP contribution is 2.31. The number of benzene rings is 1. The van der Waals surface area contributed by atoms with Crippen LogP contribution in [0, 0.1) is 20.8 Å². The van der Waals surface area contributed by atoms with Crippen molar-refractivity contribution in [3.63, 3.8) is 0 Å². The predicted octanol–water partition coefficient (Wildman–Crippen LogP) is 5.90. The highest BCUT2D eigenvalue weighted by molar-refractivity contribution is 9.10. The minimum atomic E-state index is -1.20. The SMILES string of the molecule is Cc1cc(COc2nc(C)n(-c3cc(-c4nc(C(C)(C)O)ncc4C)ccc3Cl)c(=O)c2Br)cs1. The number of nitrogens with zero attached hydrogens (tertiary/aromatic N) is 4. The summed E-state index contributed by atoms with van der Waals surface area (Å²) in [5.74, 6) is 0.946. The first-order chi connectivity index (χ1) is 16.5. The quantitative estimate of drug-likeness (QED) is 0.308. The first-order valence-electron chi connectivity index (χ1n) is 10.8. The fourth-order valence-corrected chi connectivity index (χ4v) is 4.82. The van der Waals surface area contributed by atoms with Crippen molar-refractivity contribution in [3.8, 4) is 22.8 Å². The molecule has 4 rings (SSSR count). The molecule has 182 valence electrons. The molecule has 1 aromatic carbocycles. The van der Waals surface area contributed by atoms with Crippen LogP contribution < -0.4 is 10.3 Å². The van der Waals surface area contributed by atoms with Gasteiger partial charge in [-0.25, -0.2) is 9.97 Å². The summed E-state index contributed by atoms with van der Waals surface area (Å²) < 4.78 is 7.48. The Bertz CT molecular complexity index is 1480. The summed E-state index contributed by atoms with van der Waals surface area (Å²) in [6, 6.07) is 7.35. The molecule has 0 fully saturated rings. The van der Waals surface area contributed by atoms with Crippen molar-refractivity contribution >= 4 is 38.9 Å². The average molecular weight is 576 g/mol. The third kappa shape index (κ3) is 5.33. The Labute approximate surface area is 220 Å². The van der Waals surface area contributed by atoms with Crippen LogP contribution in [0.2, 0.25) is 5.02 Å². The van der Waals surface area contributed by atoms with Gasteiger partial charge >= 0.3 is 0 Å². The molecule has 3 aromatic heterocycles. The fourth-order valence-electron chi connectivity index (χ4n) is 3.55. The van der Waals surface area contributed by atoms with E-state index in [-0.39, 0.29) is 15.9 Å². The molecule has 0 aliphatic rings. The molecule has 4 aromatic rings. The van der Waals surface area contributed by atoms with Gasteiger partial charge in [0.25, 0.3) is 5.56 Å². The number of hydrogen-bond acceptors (Lipinski definition) is 7. The first-order valence-corrected chi connectivity index (χ1v) is 12.8. The van der Waals surface area contributed by atoms with Crippen molar-refractivity contribution in [3.05, 3.63) is 83.3 Å². The van der Waals surface area contributed by atoms with Gasteiger partial charge in [-0.1, -0.05) is 17.7 Å². The predicted molar refractivity (Wildman–Crippen MR) is 142 cm³/mol. The van der Waals surface area contributed by atoms with Crippen LogP contribution in [0.4, 0.5) is 0 Å². The van der Waals surface area contributed by atoms with Gasteiger partial charge in [-0.05, 0) is 79.7 Å². The number of hydrogen-bond donors (Lipinski definition) is 1. The van der Waals surface area contributed by atoms with E-state index in [1.165, 1.54) is 9.44 Å². The van der Waals surface area contributed by atoms with Crippen LogP contribution in [-0.2, 0) is 12.2 Å². The Morgan fingerprint density at radius 3 is 2.60 bits per heavy atom. The van der Waals surface area contributed by atoms with Crippen LogP contribution in [0.15, 0.2) is 45.1 Å². The summed E-state index contributed by atoms with van der Waals surface area (Å²) in [5.41, 5.74) is 2.13. The van der Waals surface area contributed by atoms with Crippen molar-refractivity contribution in [2.45, 2.75) is 46.8 Å².